The zero-order valence-electron chi connectivity index (χ0n) is 11.5. The molecular weight excluding hydrogens is 290 g/mol. The van der Waals surface area contributed by atoms with E-state index in [-0.39, 0.29) is 23.8 Å². The fraction of sp³-hybridized carbons (Fsp3) is 0.286. The van der Waals surface area contributed by atoms with Crippen LogP contribution >= 0.6 is 11.3 Å². The Kier molecular flexibility index (Phi) is 4.77. The Labute approximate surface area is 126 Å². The van der Waals surface area contributed by atoms with Gasteiger partial charge < -0.3 is 21.3 Å². The van der Waals surface area contributed by atoms with Gasteiger partial charge in [0.05, 0.1) is 12.6 Å². The lowest BCUT2D eigenvalue weighted by Gasteiger charge is -2.12. The van der Waals surface area contributed by atoms with Crippen molar-refractivity contribution in [2.45, 2.75) is 25.9 Å². The summed E-state index contributed by atoms with van der Waals surface area (Å²) < 4.78 is 0. The monoisotopic (exact) mass is 307 g/mol. The molecule has 0 spiro atoms. The van der Waals surface area contributed by atoms with E-state index in [0.717, 1.165) is 10.7 Å². The fourth-order valence-corrected chi connectivity index (χ4v) is 2.53. The van der Waals surface area contributed by atoms with Gasteiger partial charge in [-0.25, -0.2) is 4.98 Å². The molecule has 1 amide bonds. The highest BCUT2D eigenvalue weighted by Crippen LogP contribution is 2.25. The first-order chi connectivity index (χ1) is 9.95. The normalized spacial score (nSPS) is 12.1. The van der Waals surface area contributed by atoms with E-state index in [1.54, 1.807) is 6.07 Å². The second-order valence-corrected chi connectivity index (χ2v) is 5.68. The fourth-order valence-electron chi connectivity index (χ4n) is 1.82. The van der Waals surface area contributed by atoms with Crippen LogP contribution in [0.5, 0.6) is 11.5 Å². The van der Waals surface area contributed by atoms with Crippen LogP contribution in [-0.2, 0) is 17.8 Å². The van der Waals surface area contributed by atoms with Crippen molar-refractivity contribution >= 4 is 17.2 Å². The SMILES string of the molecule is Cc1csc(CNC(=O)[C@@H](N)Cc2ccc(O)c(O)c2)n1. The zero-order chi connectivity index (χ0) is 15.4. The molecule has 0 fully saturated rings. The number of phenolic OH excluding ortho intramolecular Hbond substituents is 2. The van der Waals surface area contributed by atoms with Crippen LogP contribution in [0.25, 0.3) is 0 Å². The molecule has 2 rings (SSSR count). The summed E-state index contributed by atoms with van der Waals surface area (Å²) in [7, 11) is 0. The Morgan fingerprint density at radius 1 is 1.43 bits per heavy atom. The van der Waals surface area contributed by atoms with E-state index in [9.17, 15) is 15.0 Å². The van der Waals surface area contributed by atoms with Gasteiger partial charge in [-0.1, -0.05) is 6.07 Å². The first-order valence-electron chi connectivity index (χ1n) is 6.41. The molecule has 7 heteroatoms. The summed E-state index contributed by atoms with van der Waals surface area (Å²) in [5.74, 6) is -0.704. The van der Waals surface area contributed by atoms with Gasteiger partial charge in [0, 0.05) is 11.1 Å². The number of thiazole rings is 1. The Morgan fingerprint density at radius 3 is 2.81 bits per heavy atom. The quantitative estimate of drug-likeness (QED) is 0.617. The Hall–Kier alpha value is -2.12. The van der Waals surface area contributed by atoms with Gasteiger partial charge in [-0.15, -0.1) is 11.3 Å². The summed E-state index contributed by atoms with van der Waals surface area (Å²) in [5.41, 5.74) is 7.44. The summed E-state index contributed by atoms with van der Waals surface area (Å²) in [6, 6.07) is 3.65. The molecule has 0 aliphatic rings. The van der Waals surface area contributed by atoms with Crippen LogP contribution in [0.1, 0.15) is 16.3 Å². The van der Waals surface area contributed by atoms with Crippen LogP contribution in [0.2, 0.25) is 0 Å². The number of rotatable bonds is 5. The maximum Gasteiger partial charge on any atom is 0.237 e. The van der Waals surface area contributed by atoms with Crippen molar-refractivity contribution in [3.8, 4) is 11.5 Å². The Morgan fingerprint density at radius 2 is 2.19 bits per heavy atom. The molecule has 0 aliphatic heterocycles. The van der Waals surface area contributed by atoms with E-state index in [1.165, 1.54) is 23.5 Å². The van der Waals surface area contributed by atoms with E-state index in [1.807, 2.05) is 12.3 Å². The van der Waals surface area contributed by atoms with E-state index in [0.29, 0.717) is 12.1 Å². The first-order valence-corrected chi connectivity index (χ1v) is 7.29. The summed E-state index contributed by atoms with van der Waals surface area (Å²) in [4.78, 5) is 16.2. The predicted octanol–water partition coefficient (Wildman–Crippen LogP) is 1.05. The van der Waals surface area contributed by atoms with Crippen molar-refractivity contribution in [1.29, 1.82) is 0 Å². The van der Waals surface area contributed by atoms with E-state index in [4.69, 9.17) is 5.73 Å². The summed E-state index contributed by atoms with van der Waals surface area (Å²) >= 11 is 1.48. The molecule has 0 radical (unpaired) electrons. The molecule has 112 valence electrons. The van der Waals surface area contributed by atoms with Crippen LogP contribution in [0.15, 0.2) is 23.6 Å². The van der Waals surface area contributed by atoms with Crippen LogP contribution in [0.4, 0.5) is 0 Å². The number of amides is 1. The van der Waals surface area contributed by atoms with E-state index >= 15 is 0 Å². The lowest BCUT2D eigenvalue weighted by Crippen LogP contribution is -2.41. The largest absolute Gasteiger partial charge is 0.504 e. The van der Waals surface area contributed by atoms with Gasteiger partial charge in [-0.05, 0) is 31.0 Å². The molecule has 1 aromatic heterocycles. The molecule has 0 saturated heterocycles. The highest BCUT2D eigenvalue weighted by Gasteiger charge is 2.15. The van der Waals surface area contributed by atoms with Crippen molar-refractivity contribution in [3.05, 3.63) is 39.8 Å². The van der Waals surface area contributed by atoms with Gasteiger partial charge in [0.15, 0.2) is 11.5 Å². The smallest absolute Gasteiger partial charge is 0.237 e. The molecule has 1 atom stereocenters. The average Bonchev–Trinajstić information content (AvgIpc) is 2.86. The first kappa shape index (κ1) is 15.3. The third kappa shape index (κ3) is 4.17. The van der Waals surface area contributed by atoms with Gasteiger partial charge in [0.25, 0.3) is 0 Å². The number of phenols is 2. The number of nitrogens with zero attached hydrogens (tertiary/aromatic N) is 1. The van der Waals surface area contributed by atoms with Crippen molar-refractivity contribution in [1.82, 2.24) is 10.3 Å². The molecular formula is C14H17N3O3S. The van der Waals surface area contributed by atoms with Crippen LogP contribution in [0.3, 0.4) is 0 Å². The lowest BCUT2D eigenvalue weighted by atomic mass is 10.1. The van der Waals surface area contributed by atoms with Gasteiger partial charge >= 0.3 is 0 Å². The molecule has 0 saturated carbocycles. The van der Waals surface area contributed by atoms with Crippen molar-refractivity contribution in [2.75, 3.05) is 0 Å². The van der Waals surface area contributed by atoms with Crippen molar-refractivity contribution in [2.24, 2.45) is 5.73 Å². The molecule has 21 heavy (non-hydrogen) atoms. The standard InChI is InChI=1S/C14H17N3O3S/c1-8-7-21-13(17-8)6-16-14(20)10(15)4-9-2-3-11(18)12(19)5-9/h2-3,5,7,10,18-19H,4,6,15H2,1H3,(H,16,20)/t10-/m0/s1. The Bertz CT molecular complexity index is 642. The average molecular weight is 307 g/mol. The zero-order valence-corrected chi connectivity index (χ0v) is 12.4. The number of hydrogen-bond donors (Lipinski definition) is 4. The number of nitrogens with two attached hydrogens (primary N) is 1. The molecule has 0 aliphatic carbocycles. The maximum atomic E-state index is 11.9. The molecule has 0 bridgehead atoms. The maximum absolute atomic E-state index is 11.9. The second-order valence-electron chi connectivity index (χ2n) is 4.73. The number of benzene rings is 1. The summed E-state index contributed by atoms with van der Waals surface area (Å²) in [6.07, 6.45) is 0.274. The molecule has 6 nitrogen and oxygen atoms in total. The minimum Gasteiger partial charge on any atom is -0.504 e. The summed E-state index contributed by atoms with van der Waals surface area (Å²) in [5, 5.41) is 24.1. The number of hydrogen-bond acceptors (Lipinski definition) is 6. The van der Waals surface area contributed by atoms with E-state index in [2.05, 4.69) is 10.3 Å². The highest BCUT2D eigenvalue weighted by molar-refractivity contribution is 7.09. The number of aromatic hydroxyl groups is 2. The third-order valence-corrected chi connectivity index (χ3v) is 3.88. The number of carbonyl (C=O) groups excluding carboxylic acids is 1. The van der Waals surface area contributed by atoms with Crippen molar-refractivity contribution < 1.29 is 15.0 Å². The third-order valence-electron chi connectivity index (χ3n) is 2.91. The summed E-state index contributed by atoms with van der Waals surface area (Å²) in [6.45, 7) is 2.25. The number of nitrogens with one attached hydrogen (secondary N) is 1. The minimum atomic E-state index is -0.727. The predicted molar refractivity (Wildman–Crippen MR) is 80.1 cm³/mol. The second kappa shape index (κ2) is 6.55. The van der Waals surface area contributed by atoms with Gasteiger partial charge in [0.2, 0.25) is 5.91 Å². The topological polar surface area (TPSA) is 108 Å². The highest BCUT2D eigenvalue weighted by atomic mass is 32.1. The number of carbonyl (C=O) groups is 1. The molecule has 0 unspecified atom stereocenters. The lowest BCUT2D eigenvalue weighted by molar-refractivity contribution is -0.122. The van der Waals surface area contributed by atoms with Gasteiger partial charge in [-0.3, -0.25) is 4.79 Å². The van der Waals surface area contributed by atoms with Crippen molar-refractivity contribution in [3.63, 3.8) is 0 Å². The Balaban J connectivity index is 1.88. The van der Waals surface area contributed by atoms with Gasteiger partial charge in [0.1, 0.15) is 5.01 Å². The molecule has 1 heterocycles. The molecule has 2 aromatic rings. The van der Waals surface area contributed by atoms with Crippen LogP contribution in [0, 0.1) is 6.92 Å². The van der Waals surface area contributed by atoms with Crippen LogP contribution < -0.4 is 11.1 Å². The van der Waals surface area contributed by atoms with Crippen LogP contribution in [-0.4, -0.2) is 27.1 Å². The number of aromatic nitrogens is 1. The van der Waals surface area contributed by atoms with Gasteiger partial charge in [-0.2, -0.15) is 0 Å². The molecule has 5 N–H and O–H groups in total. The molecule has 1 aromatic carbocycles. The van der Waals surface area contributed by atoms with E-state index < -0.39 is 6.04 Å². The minimum absolute atomic E-state index is 0.198. The number of aryl methyl sites for hydroxylation is 1.